The van der Waals surface area contributed by atoms with Crippen LogP contribution in [0, 0.1) is 4.91 Å². The molecule has 6 heteroatoms. The van der Waals surface area contributed by atoms with Gasteiger partial charge in [-0.25, -0.2) is 0 Å². The molecule has 0 radical (unpaired) electrons. The molecule has 0 aromatic carbocycles. The number of rotatable bonds is 9. The van der Waals surface area contributed by atoms with Crippen LogP contribution in [0.1, 0.15) is 0 Å². The maximum absolute atomic E-state index is 10.2. The van der Waals surface area contributed by atoms with Crippen molar-refractivity contribution in [2.75, 3.05) is 39.6 Å². The SMILES string of the molecule is O=NC(COCCO)COCCO. The third-order valence-electron chi connectivity index (χ3n) is 1.24. The molecule has 0 saturated carbocycles. The van der Waals surface area contributed by atoms with E-state index in [-0.39, 0.29) is 39.6 Å². The summed E-state index contributed by atoms with van der Waals surface area (Å²) < 4.78 is 9.76. The predicted molar refractivity (Wildman–Crippen MR) is 45.4 cm³/mol. The molecule has 0 aliphatic rings. The minimum Gasteiger partial charge on any atom is -0.394 e. The molecule has 0 aliphatic heterocycles. The normalized spacial score (nSPS) is 10.7. The number of aliphatic hydroxyl groups is 2. The lowest BCUT2D eigenvalue weighted by molar-refractivity contribution is 0.0409. The van der Waals surface area contributed by atoms with Crippen molar-refractivity contribution in [1.29, 1.82) is 0 Å². The Bertz CT molecular complexity index is 111. The van der Waals surface area contributed by atoms with Crippen LogP contribution in [0.25, 0.3) is 0 Å². The van der Waals surface area contributed by atoms with Gasteiger partial charge in [-0.15, -0.1) is 0 Å². The summed E-state index contributed by atoms with van der Waals surface area (Å²) in [7, 11) is 0. The van der Waals surface area contributed by atoms with Crippen molar-refractivity contribution in [3.05, 3.63) is 4.91 Å². The van der Waals surface area contributed by atoms with Crippen LogP contribution in [0.3, 0.4) is 0 Å². The summed E-state index contributed by atoms with van der Waals surface area (Å²) in [4.78, 5) is 10.2. The van der Waals surface area contributed by atoms with Crippen LogP contribution < -0.4 is 0 Å². The van der Waals surface area contributed by atoms with Gasteiger partial charge in [0.2, 0.25) is 0 Å². The van der Waals surface area contributed by atoms with E-state index in [9.17, 15) is 4.91 Å². The van der Waals surface area contributed by atoms with E-state index in [1.807, 2.05) is 0 Å². The summed E-state index contributed by atoms with van der Waals surface area (Å²) >= 11 is 0. The standard InChI is InChI=1S/C7H15NO5/c9-1-3-12-5-7(8-11)6-13-4-2-10/h7,9-10H,1-6H2. The molecule has 0 saturated heterocycles. The first-order valence-electron chi connectivity index (χ1n) is 4.04. The van der Waals surface area contributed by atoms with Gasteiger partial charge in [-0.05, 0) is 0 Å². The van der Waals surface area contributed by atoms with Gasteiger partial charge in [0.15, 0.2) is 0 Å². The monoisotopic (exact) mass is 193 g/mol. The van der Waals surface area contributed by atoms with Crippen molar-refractivity contribution in [2.24, 2.45) is 5.18 Å². The minimum atomic E-state index is -0.571. The molecule has 0 heterocycles. The van der Waals surface area contributed by atoms with Gasteiger partial charge in [0.05, 0.1) is 39.6 Å². The third kappa shape index (κ3) is 7.79. The quantitative estimate of drug-likeness (QED) is 0.367. The van der Waals surface area contributed by atoms with E-state index in [1.165, 1.54) is 0 Å². The van der Waals surface area contributed by atoms with Gasteiger partial charge in [0, 0.05) is 0 Å². The van der Waals surface area contributed by atoms with Crippen LogP contribution in [0.15, 0.2) is 5.18 Å². The number of hydrogen-bond acceptors (Lipinski definition) is 6. The first-order chi connectivity index (χ1) is 6.35. The van der Waals surface area contributed by atoms with Crippen molar-refractivity contribution in [3.63, 3.8) is 0 Å². The molecular weight excluding hydrogens is 178 g/mol. The molecule has 0 amide bonds. The number of nitroso groups, excluding NO2 is 1. The van der Waals surface area contributed by atoms with E-state index in [1.54, 1.807) is 0 Å². The first kappa shape index (κ1) is 12.4. The highest BCUT2D eigenvalue weighted by molar-refractivity contribution is 4.63. The number of nitrogens with zero attached hydrogens (tertiary/aromatic N) is 1. The molecule has 0 aromatic rings. The maximum Gasteiger partial charge on any atom is 0.138 e. The van der Waals surface area contributed by atoms with E-state index in [2.05, 4.69) is 5.18 Å². The van der Waals surface area contributed by atoms with Gasteiger partial charge < -0.3 is 19.7 Å². The summed E-state index contributed by atoms with van der Waals surface area (Å²) in [6, 6.07) is -0.571. The molecule has 0 fully saturated rings. The lowest BCUT2D eigenvalue weighted by Crippen LogP contribution is -2.21. The average molecular weight is 193 g/mol. The smallest absolute Gasteiger partial charge is 0.138 e. The minimum absolute atomic E-state index is 0.0803. The van der Waals surface area contributed by atoms with Gasteiger partial charge >= 0.3 is 0 Å². The highest BCUT2D eigenvalue weighted by Crippen LogP contribution is 1.93. The van der Waals surface area contributed by atoms with Crippen molar-refractivity contribution in [2.45, 2.75) is 6.04 Å². The van der Waals surface area contributed by atoms with Gasteiger partial charge in [-0.1, -0.05) is 5.18 Å². The Morgan fingerprint density at radius 3 is 1.85 bits per heavy atom. The fourth-order valence-corrected chi connectivity index (χ4v) is 0.677. The van der Waals surface area contributed by atoms with E-state index in [0.29, 0.717) is 0 Å². The van der Waals surface area contributed by atoms with Gasteiger partial charge in [-0.3, -0.25) is 0 Å². The lowest BCUT2D eigenvalue weighted by atomic mass is 10.3. The summed E-state index contributed by atoms with van der Waals surface area (Å²) in [5.41, 5.74) is 0. The van der Waals surface area contributed by atoms with Crippen LogP contribution in [0.4, 0.5) is 0 Å². The fourth-order valence-electron chi connectivity index (χ4n) is 0.677. The second-order valence-corrected chi connectivity index (χ2v) is 2.36. The van der Waals surface area contributed by atoms with Gasteiger partial charge in [0.25, 0.3) is 0 Å². The Morgan fingerprint density at radius 2 is 1.54 bits per heavy atom. The van der Waals surface area contributed by atoms with E-state index < -0.39 is 6.04 Å². The number of aliphatic hydroxyl groups excluding tert-OH is 2. The molecule has 0 rings (SSSR count). The maximum atomic E-state index is 10.2. The fraction of sp³-hybridized carbons (Fsp3) is 1.00. The molecule has 13 heavy (non-hydrogen) atoms. The topological polar surface area (TPSA) is 88.4 Å². The van der Waals surface area contributed by atoms with Crippen LogP contribution >= 0.6 is 0 Å². The Morgan fingerprint density at radius 1 is 1.08 bits per heavy atom. The zero-order valence-electron chi connectivity index (χ0n) is 7.39. The summed E-state index contributed by atoms with van der Waals surface area (Å²) in [5.74, 6) is 0. The molecule has 0 aromatic heterocycles. The van der Waals surface area contributed by atoms with E-state index >= 15 is 0 Å². The van der Waals surface area contributed by atoms with E-state index in [4.69, 9.17) is 19.7 Å². The van der Waals surface area contributed by atoms with Crippen LogP contribution in [-0.4, -0.2) is 55.9 Å². The van der Waals surface area contributed by atoms with Gasteiger partial charge in [0.1, 0.15) is 6.04 Å². The molecule has 0 bridgehead atoms. The summed E-state index contributed by atoms with van der Waals surface area (Å²) in [6.07, 6.45) is 0. The number of hydrogen-bond donors (Lipinski definition) is 2. The Labute approximate surface area is 76.4 Å². The highest BCUT2D eigenvalue weighted by atomic mass is 16.5. The Hall–Kier alpha value is -0.560. The summed E-state index contributed by atoms with van der Waals surface area (Å²) in [5, 5.41) is 19.5. The van der Waals surface area contributed by atoms with Crippen molar-refractivity contribution >= 4 is 0 Å². The Balaban J connectivity index is 3.34. The lowest BCUT2D eigenvalue weighted by Gasteiger charge is -2.08. The largest absolute Gasteiger partial charge is 0.394 e. The second-order valence-electron chi connectivity index (χ2n) is 2.36. The first-order valence-corrected chi connectivity index (χ1v) is 4.04. The van der Waals surface area contributed by atoms with Gasteiger partial charge in [-0.2, -0.15) is 4.91 Å². The average Bonchev–Trinajstić information content (AvgIpc) is 2.16. The van der Waals surface area contributed by atoms with Crippen LogP contribution in [-0.2, 0) is 9.47 Å². The molecule has 0 aliphatic carbocycles. The molecule has 0 unspecified atom stereocenters. The molecule has 78 valence electrons. The Kier molecular flexibility index (Phi) is 9.12. The summed E-state index contributed by atoms with van der Waals surface area (Å²) in [6.45, 7) is 0.481. The molecule has 0 spiro atoms. The molecule has 2 N–H and O–H groups in total. The molecule has 6 nitrogen and oxygen atoms in total. The zero-order valence-corrected chi connectivity index (χ0v) is 7.39. The van der Waals surface area contributed by atoms with Crippen LogP contribution in [0.2, 0.25) is 0 Å². The predicted octanol–water partition coefficient (Wildman–Crippen LogP) is -0.861. The highest BCUT2D eigenvalue weighted by Gasteiger charge is 2.08. The van der Waals surface area contributed by atoms with Crippen molar-refractivity contribution < 1.29 is 19.7 Å². The van der Waals surface area contributed by atoms with Crippen molar-refractivity contribution in [3.8, 4) is 0 Å². The van der Waals surface area contributed by atoms with Crippen molar-refractivity contribution in [1.82, 2.24) is 0 Å². The molecular formula is C7H15NO5. The second kappa shape index (κ2) is 9.53. The van der Waals surface area contributed by atoms with E-state index in [0.717, 1.165) is 0 Å². The zero-order chi connectivity index (χ0) is 9.94. The number of ether oxygens (including phenoxy) is 2. The third-order valence-corrected chi connectivity index (χ3v) is 1.24. The molecule has 0 atom stereocenters. The van der Waals surface area contributed by atoms with Crippen LogP contribution in [0.5, 0.6) is 0 Å².